The summed E-state index contributed by atoms with van der Waals surface area (Å²) in [5.41, 5.74) is -1.50. The van der Waals surface area contributed by atoms with Gasteiger partial charge in [0, 0.05) is 94.0 Å². The van der Waals surface area contributed by atoms with Crippen molar-refractivity contribution >= 4 is 75.1 Å². The van der Waals surface area contributed by atoms with Gasteiger partial charge in [0.2, 0.25) is 12.0 Å². The number of hydroxylamine groups is 1. The molecule has 0 aromatic heterocycles. The number of amides is 2. The molecule has 3 saturated carbocycles. The van der Waals surface area contributed by atoms with Crippen LogP contribution in [0.5, 0.6) is 0 Å². The van der Waals surface area contributed by atoms with E-state index in [0.29, 0.717) is 68.0 Å². The Labute approximate surface area is 562 Å². The van der Waals surface area contributed by atoms with E-state index in [1.807, 2.05) is 72.8 Å². The summed E-state index contributed by atoms with van der Waals surface area (Å²) in [6, 6.07) is 34.0. The molecule has 4 aromatic rings. The molecule has 5 N–H and O–H groups in total. The summed E-state index contributed by atoms with van der Waals surface area (Å²) in [4.78, 5) is 113. The lowest BCUT2D eigenvalue weighted by molar-refractivity contribution is -0.351. The predicted molar refractivity (Wildman–Crippen MR) is 353 cm³/mol. The molecule has 0 unspecified atom stereocenters. The lowest BCUT2D eigenvalue weighted by atomic mass is 9.44. The van der Waals surface area contributed by atoms with Crippen molar-refractivity contribution in [3.8, 4) is 0 Å². The van der Waals surface area contributed by atoms with Crippen LogP contribution in [0.4, 0.5) is 0 Å². The minimum atomic E-state index is -2.23. The molecular weight excluding hydrogens is 1260 g/mol. The van der Waals surface area contributed by atoms with Crippen molar-refractivity contribution in [3.05, 3.63) is 160 Å². The van der Waals surface area contributed by atoms with E-state index in [2.05, 4.69) is 10.2 Å². The normalized spacial score (nSPS) is 25.8. The van der Waals surface area contributed by atoms with Gasteiger partial charge in [-0.25, -0.2) is 10.3 Å². The topological polar surface area (TPSA) is 289 Å². The van der Waals surface area contributed by atoms with E-state index in [0.717, 1.165) is 30.0 Å². The van der Waals surface area contributed by atoms with Crippen molar-refractivity contribution in [2.24, 2.45) is 22.7 Å². The van der Waals surface area contributed by atoms with Gasteiger partial charge in [-0.2, -0.15) is 0 Å². The Morgan fingerprint density at radius 2 is 1.40 bits per heavy atom. The molecule has 4 fully saturated rings. The van der Waals surface area contributed by atoms with Crippen molar-refractivity contribution in [2.75, 3.05) is 31.3 Å². The molecule has 4 aliphatic carbocycles. The van der Waals surface area contributed by atoms with Crippen LogP contribution in [0, 0.1) is 22.7 Å². The molecule has 95 heavy (non-hydrogen) atoms. The molecule has 5 aliphatic rings. The Kier molecular flexibility index (Phi) is 24.4. The number of fused-ring (bicyclic) bond motifs is 5. The number of benzene rings is 4. The fourth-order valence-electron chi connectivity index (χ4n) is 14.0. The average molecular weight is 1350 g/mol. The van der Waals surface area contributed by atoms with Crippen LogP contribution < -0.4 is 10.8 Å². The SMILES string of the molecule is CC(=O)O[C@H]1C(=O)[C@@]2(C)[C@H]([C@H](OCc3ccccc3)[C@]3(O)C[C@H](OC(=O)[C@H](OC(=O)CCCSSCCCC(=O)OCCN(Cc4ccccc4)Cc4ccc(/C=C/C(=O)NO)cc4)[C@@H](NC(=O)C4CCC4)c4ccccc4)C(C)=C1C3(C)C)[C@]1(OC(C)=O)CO[C@@H]1C[C@@H]2O. The number of nitrogens with one attached hydrogen (secondary N) is 2. The first-order valence-electron chi connectivity index (χ1n) is 32.4. The minimum Gasteiger partial charge on any atom is -0.464 e. The number of carbonyl (C=O) groups excluding carboxylic acids is 8. The number of carbonyl (C=O) groups is 8. The molecule has 0 radical (unpaired) electrons. The van der Waals surface area contributed by atoms with Gasteiger partial charge in [0.1, 0.15) is 30.5 Å². The highest BCUT2D eigenvalue weighted by molar-refractivity contribution is 8.76. The fraction of sp³-hybridized carbons (Fsp3) is 0.500. The Balaban J connectivity index is 0.888. The van der Waals surface area contributed by atoms with Gasteiger partial charge in [-0.3, -0.25) is 43.7 Å². The number of aliphatic hydroxyl groups excluding tert-OH is 1. The molecule has 1 aliphatic heterocycles. The molecule has 11 atom stereocenters. The summed E-state index contributed by atoms with van der Waals surface area (Å²) in [5.74, 6) is -6.12. The quantitative estimate of drug-likeness (QED) is 0.00476. The van der Waals surface area contributed by atoms with Crippen LogP contribution in [0.15, 0.2) is 132 Å². The van der Waals surface area contributed by atoms with Gasteiger partial charge >= 0.3 is 29.8 Å². The number of Topliss-reactive ketones (excluding diaryl/α,β-unsaturated/α-hetero) is 1. The van der Waals surface area contributed by atoms with Crippen LogP contribution in [0.1, 0.15) is 133 Å². The van der Waals surface area contributed by atoms with Gasteiger partial charge < -0.3 is 48.7 Å². The highest BCUT2D eigenvalue weighted by atomic mass is 33.1. The van der Waals surface area contributed by atoms with Gasteiger partial charge in [-0.05, 0) is 84.6 Å². The zero-order chi connectivity index (χ0) is 68.1. The smallest absolute Gasteiger partial charge is 0.350 e. The first-order chi connectivity index (χ1) is 45.5. The number of ether oxygens (including phenoxy) is 7. The van der Waals surface area contributed by atoms with E-state index in [1.54, 1.807) is 74.8 Å². The fourth-order valence-corrected chi connectivity index (χ4v) is 16.1. The number of rotatable bonds is 30. The van der Waals surface area contributed by atoms with Gasteiger partial charge in [0.05, 0.1) is 30.8 Å². The number of hydrogen-bond donors (Lipinski definition) is 5. The van der Waals surface area contributed by atoms with E-state index in [4.69, 9.17) is 38.4 Å². The molecule has 23 heteroatoms. The summed E-state index contributed by atoms with van der Waals surface area (Å²) in [6.45, 7) is 10.3. The maximum atomic E-state index is 15.9. The number of hydrogen-bond acceptors (Lipinski definition) is 21. The van der Waals surface area contributed by atoms with E-state index >= 15 is 9.59 Å². The summed E-state index contributed by atoms with van der Waals surface area (Å²) >= 11 is 0. The molecule has 2 amide bonds. The van der Waals surface area contributed by atoms with Crippen LogP contribution in [-0.2, 0) is 91.2 Å². The van der Waals surface area contributed by atoms with Crippen LogP contribution in [0.3, 0.4) is 0 Å². The highest BCUT2D eigenvalue weighted by Crippen LogP contribution is 2.64. The molecule has 0 spiro atoms. The predicted octanol–water partition coefficient (Wildman–Crippen LogP) is 8.84. The molecule has 1 saturated heterocycles. The number of esters is 5. The van der Waals surface area contributed by atoms with Crippen molar-refractivity contribution in [1.82, 2.24) is 15.7 Å². The second kappa shape index (κ2) is 32.2. The van der Waals surface area contributed by atoms with Crippen molar-refractivity contribution in [1.29, 1.82) is 0 Å². The highest BCUT2D eigenvalue weighted by Gasteiger charge is 2.78. The Morgan fingerprint density at radius 1 is 0.789 bits per heavy atom. The Morgan fingerprint density at radius 3 is 1.98 bits per heavy atom. The third-order valence-corrected chi connectivity index (χ3v) is 21.9. The van der Waals surface area contributed by atoms with Crippen molar-refractivity contribution < 1.29 is 86.9 Å². The third kappa shape index (κ3) is 16.8. The zero-order valence-electron chi connectivity index (χ0n) is 54.6. The zero-order valence-corrected chi connectivity index (χ0v) is 56.2. The Bertz CT molecular complexity index is 3420. The molecule has 4 aromatic carbocycles. The van der Waals surface area contributed by atoms with Gasteiger partial charge in [-0.1, -0.05) is 157 Å². The molecule has 21 nitrogen and oxygen atoms in total. The molecule has 1 heterocycles. The van der Waals surface area contributed by atoms with Gasteiger partial charge in [0.25, 0.3) is 5.91 Å². The lowest BCUT2D eigenvalue weighted by Crippen LogP contribution is -2.81. The largest absolute Gasteiger partial charge is 0.464 e. The first-order valence-corrected chi connectivity index (χ1v) is 34.9. The molecule has 9 rings (SSSR count). The third-order valence-electron chi connectivity index (χ3n) is 19.3. The van der Waals surface area contributed by atoms with Crippen LogP contribution in [0.2, 0.25) is 0 Å². The lowest BCUT2D eigenvalue weighted by Gasteiger charge is -2.67. The molecular formula is C72H87N3O18S2. The monoisotopic (exact) mass is 1350 g/mol. The molecule has 2 bridgehead atoms. The van der Waals surface area contributed by atoms with E-state index in [9.17, 15) is 39.0 Å². The van der Waals surface area contributed by atoms with Crippen LogP contribution >= 0.6 is 21.6 Å². The standard InChI is InChI=1S/C72H87N3O18S2/c1-45-54(40-72(85)66(88-43-51-21-12-8-13-22-51)64-70(6,55(78)39-56-71(64,44-89-56)93-47(3)77)65(82)62(90-46(2)76)60(45)69(72,4)5)91-68(84)63(61(52-23-14-9-15-24-52)73-67(83)53-25-16-26-53)92-59(81)28-18-38-95-94-37-17-27-58(80)87-36-35-75(41-49-19-10-7-11-20-49)42-50-31-29-48(30-32-50)33-34-57(79)74-86/h7-15,19-24,29-34,53-56,61-64,66,78,85-86H,16-18,25-28,35-44H2,1-6H3,(H,73,83)(H,74,79)/b34-33+/t54-,55-,56+,61-,62+,63+,64-,66-,70+,71-,72+/m0/s1. The minimum absolute atomic E-state index is 0.0818. The summed E-state index contributed by atoms with van der Waals surface area (Å²) in [6.07, 6.45) is -3.74. The van der Waals surface area contributed by atoms with Crippen LogP contribution in [-0.4, -0.2) is 147 Å². The van der Waals surface area contributed by atoms with Crippen LogP contribution in [0.25, 0.3) is 6.08 Å². The average Bonchev–Trinajstić information content (AvgIpc) is 0.671. The number of aliphatic hydroxyl groups is 2. The van der Waals surface area contributed by atoms with E-state index < -0.39 is 113 Å². The summed E-state index contributed by atoms with van der Waals surface area (Å²) < 4.78 is 43.7. The number of ketones is 1. The summed E-state index contributed by atoms with van der Waals surface area (Å²) in [7, 11) is 3.05. The first kappa shape index (κ1) is 72.1. The second-order valence-electron chi connectivity index (χ2n) is 26.0. The van der Waals surface area contributed by atoms with E-state index in [1.165, 1.54) is 41.5 Å². The molecule has 510 valence electrons. The van der Waals surface area contributed by atoms with Gasteiger partial charge in [0.15, 0.2) is 17.5 Å². The van der Waals surface area contributed by atoms with Crippen molar-refractivity contribution in [2.45, 2.75) is 173 Å². The van der Waals surface area contributed by atoms with E-state index in [-0.39, 0.29) is 68.0 Å². The van der Waals surface area contributed by atoms with Gasteiger partial charge in [-0.15, -0.1) is 0 Å². The second-order valence-corrected chi connectivity index (χ2v) is 28.7. The summed E-state index contributed by atoms with van der Waals surface area (Å²) in [5, 5.41) is 38.3. The van der Waals surface area contributed by atoms with Crippen molar-refractivity contribution in [3.63, 3.8) is 0 Å². The maximum Gasteiger partial charge on any atom is 0.350 e. The number of nitrogens with zero attached hydrogens (tertiary/aromatic N) is 1. The Hall–Kier alpha value is -7.22. The maximum absolute atomic E-state index is 15.9.